The zero-order valence-corrected chi connectivity index (χ0v) is 8.27. The first-order chi connectivity index (χ1) is 6.33. The van der Waals surface area contributed by atoms with Crippen LogP contribution >= 0.6 is 11.3 Å². The van der Waals surface area contributed by atoms with Gasteiger partial charge in [0.2, 0.25) is 0 Å². The molecule has 0 N–H and O–H groups in total. The fraction of sp³-hybridized carbons (Fsp3) is 0.300. The molecule has 66 valence electrons. The number of aryl methyl sites for hydroxylation is 2. The first-order valence-corrected chi connectivity index (χ1v) is 5.05. The van der Waals surface area contributed by atoms with E-state index in [1.807, 2.05) is 18.5 Å². The number of hydrogen-bond donors (Lipinski definition) is 0. The topological polar surface area (TPSA) is 17.3 Å². The molecule has 13 heavy (non-hydrogen) atoms. The van der Waals surface area contributed by atoms with Crippen LogP contribution in [0, 0.1) is 19.3 Å². The zero-order chi connectivity index (χ0) is 9.26. The molecular formula is C10H10N2S. The summed E-state index contributed by atoms with van der Waals surface area (Å²) >= 11 is 1.66. The Hall–Kier alpha value is -1.27. The van der Waals surface area contributed by atoms with E-state index in [1.54, 1.807) is 11.3 Å². The average Bonchev–Trinajstić information content (AvgIpc) is 2.62. The minimum absolute atomic E-state index is 0.782. The minimum atomic E-state index is 0.782. The maximum Gasteiger partial charge on any atom is 0.194 e. The molecule has 2 aromatic heterocycles. The Morgan fingerprint density at radius 3 is 3.31 bits per heavy atom. The number of rotatable bonds is 2. The van der Waals surface area contributed by atoms with Gasteiger partial charge in [0.1, 0.15) is 0 Å². The molecule has 2 aromatic rings. The third kappa shape index (κ3) is 1.34. The Labute approximate surface area is 81.2 Å². The van der Waals surface area contributed by atoms with Crippen molar-refractivity contribution in [2.45, 2.75) is 19.8 Å². The molecule has 0 radical (unpaired) electrons. The van der Waals surface area contributed by atoms with Crippen molar-refractivity contribution in [2.24, 2.45) is 0 Å². The molecule has 2 rings (SSSR count). The summed E-state index contributed by atoms with van der Waals surface area (Å²) in [7, 11) is 0. The van der Waals surface area contributed by atoms with Gasteiger partial charge in [0, 0.05) is 30.1 Å². The minimum Gasteiger partial charge on any atom is -0.294 e. The highest BCUT2D eigenvalue weighted by Gasteiger charge is 2.07. The van der Waals surface area contributed by atoms with Crippen molar-refractivity contribution in [2.75, 3.05) is 0 Å². The van der Waals surface area contributed by atoms with Crippen LogP contribution < -0.4 is 0 Å². The van der Waals surface area contributed by atoms with E-state index in [0.29, 0.717) is 0 Å². The fourth-order valence-corrected chi connectivity index (χ4v) is 2.21. The summed E-state index contributed by atoms with van der Waals surface area (Å²) in [6, 6.07) is 0. The fourth-order valence-electron chi connectivity index (χ4n) is 1.43. The first kappa shape index (κ1) is 8.33. The molecule has 0 fully saturated rings. The summed E-state index contributed by atoms with van der Waals surface area (Å²) in [5.41, 5.74) is 2.34. The van der Waals surface area contributed by atoms with Crippen LogP contribution in [0.25, 0.3) is 4.96 Å². The molecule has 0 unspecified atom stereocenters. The van der Waals surface area contributed by atoms with E-state index in [-0.39, 0.29) is 0 Å². The Morgan fingerprint density at radius 1 is 1.69 bits per heavy atom. The van der Waals surface area contributed by atoms with Crippen LogP contribution in [0.4, 0.5) is 0 Å². The Bertz CT molecular complexity index is 459. The maximum absolute atomic E-state index is 5.24. The van der Waals surface area contributed by atoms with E-state index in [4.69, 9.17) is 6.42 Å². The quantitative estimate of drug-likeness (QED) is 0.664. The second kappa shape index (κ2) is 3.23. The van der Waals surface area contributed by atoms with Gasteiger partial charge in [0.15, 0.2) is 4.96 Å². The van der Waals surface area contributed by atoms with Crippen LogP contribution in [0.1, 0.15) is 17.8 Å². The predicted octanol–water partition coefficient (Wildman–Crippen LogP) is 2.27. The van der Waals surface area contributed by atoms with Gasteiger partial charge in [0.25, 0.3) is 0 Å². The highest BCUT2D eigenvalue weighted by molar-refractivity contribution is 7.15. The summed E-state index contributed by atoms with van der Waals surface area (Å²) in [6.07, 6.45) is 8.98. The predicted molar refractivity (Wildman–Crippen MR) is 55.0 cm³/mol. The number of imidazole rings is 1. The van der Waals surface area contributed by atoms with Crippen LogP contribution in [0.2, 0.25) is 0 Å². The molecule has 0 saturated heterocycles. The third-order valence-corrected chi connectivity index (χ3v) is 2.82. The zero-order valence-electron chi connectivity index (χ0n) is 7.45. The van der Waals surface area contributed by atoms with Crippen molar-refractivity contribution in [1.82, 2.24) is 9.38 Å². The molecule has 0 spiro atoms. The normalized spacial score (nSPS) is 10.5. The van der Waals surface area contributed by atoms with Crippen LogP contribution in [0.5, 0.6) is 0 Å². The largest absolute Gasteiger partial charge is 0.294 e. The summed E-state index contributed by atoms with van der Waals surface area (Å²) in [6.45, 7) is 2.03. The smallest absolute Gasteiger partial charge is 0.194 e. The summed E-state index contributed by atoms with van der Waals surface area (Å²) in [4.78, 5) is 5.50. The van der Waals surface area contributed by atoms with E-state index in [0.717, 1.165) is 23.5 Å². The number of fused-ring (bicyclic) bond motifs is 1. The van der Waals surface area contributed by atoms with Crippen molar-refractivity contribution in [3.8, 4) is 12.3 Å². The number of terminal acetylenes is 1. The van der Waals surface area contributed by atoms with E-state index >= 15 is 0 Å². The Kier molecular flexibility index (Phi) is 2.07. The lowest BCUT2D eigenvalue weighted by molar-refractivity contribution is 0.928. The molecule has 0 amide bonds. The Balaban J connectivity index is 2.46. The maximum atomic E-state index is 5.24. The van der Waals surface area contributed by atoms with Gasteiger partial charge in [0.05, 0.1) is 5.69 Å². The summed E-state index contributed by atoms with van der Waals surface area (Å²) in [5.74, 6) is 2.65. The first-order valence-electron chi connectivity index (χ1n) is 4.17. The van der Waals surface area contributed by atoms with E-state index in [2.05, 4.69) is 15.3 Å². The number of thiazole rings is 1. The number of hydrogen-bond acceptors (Lipinski definition) is 2. The third-order valence-electron chi connectivity index (χ3n) is 2.07. The van der Waals surface area contributed by atoms with Crippen molar-refractivity contribution in [1.29, 1.82) is 0 Å². The van der Waals surface area contributed by atoms with Crippen molar-refractivity contribution >= 4 is 16.3 Å². The van der Waals surface area contributed by atoms with Gasteiger partial charge in [-0.25, -0.2) is 4.98 Å². The molecule has 0 aliphatic carbocycles. The SMILES string of the molecule is C#CCCc1c(C)nc2sccn12. The number of nitrogens with zero attached hydrogens (tertiary/aromatic N) is 2. The standard InChI is InChI=1S/C10H10N2S/c1-3-4-5-9-8(2)11-10-12(9)6-7-13-10/h1,6-7H,4-5H2,2H3. The van der Waals surface area contributed by atoms with E-state index in [9.17, 15) is 0 Å². The molecule has 0 atom stereocenters. The molecule has 0 aromatic carbocycles. The lowest BCUT2D eigenvalue weighted by atomic mass is 10.2. The van der Waals surface area contributed by atoms with Crippen molar-refractivity contribution in [3.63, 3.8) is 0 Å². The van der Waals surface area contributed by atoms with Crippen LogP contribution in [0.3, 0.4) is 0 Å². The second-order valence-electron chi connectivity index (χ2n) is 2.90. The number of aromatic nitrogens is 2. The van der Waals surface area contributed by atoms with Crippen molar-refractivity contribution in [3.05, 3.63) is 23.0 Å². The van der Waals surface area contributed by atoms with Crippen LogP contribution in [-0.2, 0) is 6.42 Å². The average molecular weight is 190 g/mol. The van der Waals surface area contributed by atoms with Crippen LogP contribution in [0.15, 0.2) is 11.6 Å². The molecule has 3 heteroatoms. The molecule has 0 aliphatic heterocycles. The van der Waals surface area contributed by atoms with Gasteiger partial charge in [-0.15, -0.1) is 23.7 Å². The second-order valence-corrected chi connectivity index (χ2v) is 3.78. The van der Waals surface area contributed by atoms with Gasteiger partial charge in [-0.05, 0) is 6.92 Å². The highest BCUT2D eigenvalue weighted by Crippen LogP contribution is 2.17. The van der Waals surface area contributed by atoms with Crippen molar-refractivity contribution < 1.29 is 0 Å². The molecule has 2 nitrogen and oxygen atoms in total. The molecular weight excluding hydrogens is 180 g/mol. The van der Waals surface area contributed by atoms with Crippen LogP contribution in [-0.4, -0.2) is 9.38 Å². The van der Waals surface area contributed by atoms with Gasteiger partial charge < -0.3 is 0 Å². The van der Waals surface area contributed by atoms with E-state index in [1.165, 1.54) is 5.69 Å². The molecule has 0 aliphatic rings. The Morgan fingerprint density at radius 2 is 2.54 bits per heavy atom. The summed E-state index contributed by atoms with van der Waals surface area (Å²) < 4.78 is 2.12. The highest BCUT2D eigenvalue weighted by atomic mass is 32.1. The van der Waals surface area contributed by atoms with Gasteiger partial charge >= 0.3 is 0 Å². The van der Waals surface area contributed by atoms with E-state index < -0.39 is 0 Å². The lowest BCUT2D eigenvalue weighted by Crippen LogP contribution is -1.91. The summed E-state index contributed by atoms with van der Waals surface area (Å²) in [5, 5.41) is 2.04. The lowest BCUT2D eigenvalue weighted by Gasteiger charge is -1.95. The molecule has 0 bridgehead atoms. The van der Waals surface area contributed by atoms with Gasteiger partial charge in [-0.3, -0.25) is 4.40 Å². The van der Waals surface area contributed by atoms with Gasteiger partial charge in [-0.2, -0.15) is 0 Å². The van der Waals surface area contributed by atoms with Gasteiger partial charge in [-0.1, -0.05) is 0 Å². The molecule has 0 saturated carbocycles. The monoisotopic (exact) mass is 190 g/mol. The molecule has 2 heterocycles.